The first-order valence-corrected chi connectivity index (χ1v) is 10.8. The molecule has 1 N–H and O–H groups in total. The molecular formula is C24H29N3O5. The van der Waals surface area contributed by atoms with Gasteiger partial charge in [0, 0.05) is 32.7 Å². The van der Waals surface area contributed by atoms with Crippen LogP contribution in [0.5, 0.6) is 5.75 Å². The van der Waals surface area contributed by atoms with Gasteiger partial charge in [-0.1, -0.05) is 42.5 Å². The molecule has 170 valence electrons. The fourth-order valence-corrected chi connectivity index (χ4v) is 3.46. The number of carbonyl (C=O) groups excluding carboxylic acids is 3. The zero-order valence-corrected chi connectivity index (χ0v) is 18.3. The predicted molar refractivity (Wildman–Crippen MR) is 119 cm³/mol. The minimum absolute atomic E-state index is 0.231. The summed E-state index contributed by atoms with van der Waals surface area (Å²) in [4.78, 5) is 40.7. The molecule has 2 amide bonds. The molecule has 0 unspecified atom stereocenters. The Balaban J connectivity index is 1.36. The van der Waals surface area contributed by atoms with E-state index in [4.69, 9.17) is 9.47 Å². The van der Waals surface area contributed by atoms with Gasteiger partial charge in [-0.25, -0.2) is 0 Å². The summed E-state index contributed by atoms with van der Waals surface area (Å²) in [5, 5.41) is 2.50. The van der Waals surface area contributed by atoms with Crippen LogP contribution in [0.2, 0.25) is 0 Å². The largest absolute Gasteiger partial charge is 0.493 e. The van der Waals surface area contributed by atoms with Crippen LogP contribution in [0.15, 0.2) is 54.6 Å². The first-order chi connectivity index (χ1) is 15.6. The normalized spacial score (nSPS) is 14.0. The van der Waals surface area contributed by atoms with E-state index in [0.717, 1.165) is 19.6 Å². The van der Waals surface area contributed by atoms with Gasteiger partial charge in [-0.2, -0.15) is 0 Å². The van der Waals surface area contributed by atoms with E-state index < -0.39 is 11.9 Å². The Morgan fingerprint density at radius 1 is 0.938 bits per heavy atom. The van der Waals surface area contributed by atoms with Gasteiger partial charge < -0.3 is 19.7 Å². The molecule has 0 radical (unpaired) electrons. The van der Waals surface area contributed by atoms with Crippen LogP contribution in [0.1, 0.15) is 22.8 Å². The van der Waals surface area contributed by atoms with Gasteiger partial charge in [0.15, 0.2) is 6.61 Å². The van der Waals surface area contributed by atoms with Crippen LogP contribution in [0.3, 0.4) is 0 Å². The van der Waals surface area contributed by atoms with E-state index in [0.29, 0.717) is 31.0 Å². The fraction of sp³-hybridized carbons (Fsp3) is 0.375. The summed E-state index contributed by atoms with van der Waals surface area (Å²) in [6.07, 6.45) is 0. The molecule has 0 spiro atoms. The van der Waals surface area contributed by atoms with Crippen molar-refractivity contribution in [3.8, 4) is 5.75 Å². The molecule has 32 heavy (non-hydrogen) atoms. The first-order valence-electron chi connectivity index (χ1n) is 10.8. The van der Waals surface area contributed by atoms with Crippen molar-refractivity contribution in [1.29, 1.82) is 0 Å². The number of nitrogens with zero attached hydrogens (tertiary/aromatic N) is 2. The Morgan fingerprint density at radius 2 is 1.62 bits per heavy atom. The molecule has 1 fully saturated rings. The number of hydrogen-bond acceptors (Lipinski definition) is 6. The van der Waals surface area contributed by atoms with Gasteiger partial charge in [0.25, 0.3) is 11.8 Å². The number of amides is 2. The molecule has 3 rings (SSSR count). The van der Waals surface area contributed by atoms with Crippen LogP contribution in [0, 0.1) is 0 Å². The van der Waals surface area contributed by atoms with Crippen molar-refractivity contribution >= 4 is 17.8 Å². The average Bonchev–Trinajstić information content (AvgIpc) is 2.82. The van der Waals surface area contributed by atoms with Gasteiger partial charge in [-0.3, -0.25) is 19.3 Å². The number of ether oxygens (including phenoxy) is 2. The zero-order valence-electron chi connectivity index (χ0n) is 18.3. The molecule has 0 bridgehead atoms. The average molecular weight is 440 g/mol. The second kappa shape index (κ2) is 11.9. The number of piperazine rings is 1. The second-order valence-corrected chi connectivity index (χ2v) is 7.42. The number of esters is 1. The summed E-state index contributed by atoms with van der Waals surface area (Å²) in [6, 6.07) is 17.0. The van der Waals surface area contributed by atoms with Crippen LogP contribution in [-0.4, -0.2) is 73.5 Å². The van der Waals surface area contributed by atoms with Gasteiger partial charge in [-0.15, -0.1) is 0 Å². The lowest BCUT2D eigenvalue weighted by Gasteiger charge is -2.34. The molecule has 0 atom stereocenters. The highest BCUT2D eigenvalue weighted by atomic mass is 16.5. The van der Waals surface area contributed by atoms with E-state index in [1.165, 1.54) is 5.56 Å². The Morgan fingerprint density at radius 3 is 2.34 bits per heavy atom. The van der Waals surface area contributed by atoms with Crippen molar-refractivity contribution in [2.24, 2.45) is 0 Å². The molecule has 0 saturated carbocycles. The molecule has 0 aromatic heterocycles. The summed E-state index contributed by atoms with van der Waals surface area (Å²) in [5.41, 5.74) is 1.58. The molecule has 8 nitrogen and oxygen atoms in total. The minimum atomic E-state index is -0.664. The van der Waals surface area contributed by atoms with Crippen molar-refractivity contribution in [3.05, 3.63) is 65.7 Å². The van der Waals surface area contributed by atoms with Crippen LogP contribution in [-0.2, 0) is 20.9 Å². The summed E-state index contributed by atoms with van der Waals surface area (Å²) in [7, 11) is 0. The van der Waals surface area contributed by atoms with Crippen LogP contribution in [0.25, 0.3) is 0 Å². The summed E-state index contributed by atoms with van der Waals surface area (Å²) in [5.74, 6) is -0.886. The van der Waals surface area contributed by atoms with E-state index in [9.17, 15) is 14.4 Å². The number of nitrogens with one attached hydrogen (secondary N) is 1. The Kier molecular flexibility index (Phi) is 8.62. The summed E-state index contributed by atoms with van der Waals surface area (Å²) < 4.78 is 10.5. The molecular weight excluding hydrogens is 410 g/mol. The van der Waals surface area contributed by atoms with Crippen molar-refractivity contribution in [3.63, 3.8) is 0 Å². The highest BCUT2D eigenvalue weighted by Crippen LogP contribution is 2.17. The number of carbonyl (C=O) groups is 3. The van der Waals surface area contributed by atoms with E-state index in [1.807, 2.05) is 25.1 Å². The number of para-hydroxylation sites is 1. The van der Waals surface area contributed by atoms with Crippen molar-refractivity contribution in [2.45, 2.75) is 13.5 Å². The molecule has 8 heteroatoms. The first kappa shape index (κ1) is 23.3. The maximum Gasteiger partial charge on any atom is 0.325 e. The highest BCUT2D eigenvalue weighted by Gasteiger charge is 2.22. The van der Waals surface area contributed by atoms with Crippen LogP contribution in [0.4, 0.5) is 0 Å². The number of benzene rings is 2. The predicted octanol–water partition coefficient (Wildman–Crippen LogP) is 1.70. The Hall–Kier alpha value is -3.39. The Bertz CT molecular complexity index is 911. The highest BCUT2D eigenvalue weighted by molar-refractivity contribution is 5.98. The van der Waals surface area contributed by atoms with Crippen molar-refractivity contribution in [1.82, 2.24) is 15.1 Å². The lowest BCUT2D eigenvalue weighted by Crippen LogP contribution is -2.49. The maximum absolute atomic E-state index is 12.4. The fourth-order valence-electron chi connectivity index (χ4n) is 3.46. The van der Waals surface area contributed by atoms with Gasteiger partial charge in [0.2, 0.25) is 0 Å². The van der Waals surface area contributed by atoms with E-state index in [1.54, 1.807) is 29.2 Å². The molecule has 1 saturated heterocycles. The number of rotatable bonds is 9. The van der Waals surface area contributed by atoms with Crippen LogP contribution < -0.4 is 10.1 Å². The third-order valence-corrected chi connectivity index (χ3v) is 5.16. The van der Waals surface area contributed by atoms with Gasteiger partial charge >= 0.3 is 5.97 Å². The number of hydrogen-bond donors (Lipinski definition) is 1. The topological polar surface area (TPSA) is 88.2 Å². The quantitative estimate of drug-likeness (QED) is 0.599. The molecule has 2 aromatic rings. The zero-order chi connectivity index (χ0) is 22.8. The van der Waals surface area contributed by atoms with Crippen molar-refractivity contribution in [2.75, 3.05) is 45.9 Å². The summed E-state index contributed by atoms with van der Waals surface area (Å²) >= 11 is 0. The second-order valence-electron chi connectivity index (χ2n) is 7.42. The monoisotopic (exact) mass is 439 g/mol. The maximum atomic E-state index is 12.4. The third kappa shape index (κ3) is 6.81. The summed E-state index contributed by atoms with van der Waals surface area (Å²) in [6.45, 7) is 5.17. The van der Waals surface area contributed by atoms with E-state index >= 15 is 0 Å². The third-order valence-electron chi connectivity index (χ3n) is 5.16. The standard InChI is InChI=1S/C24H29N3O5/c1-2-31-21-11-7-6-10-20(21)24(30)25-16-23(29)32-18-22(28)27-14-12-26(13-15-27)17-19-8-4-3-5-9-19/h3-11H,2,12-18H2,1H3,(H,25,30). The van der Waals surface area contributed by atoms with E-state index in [2.05, 4.69) is 22.3 Å². The Labute approximate surface area is 188 Å². The molecule has 1 aliphatic heterocycles. The van der Waals surface area contributed by atoms with Crippen LogP contribution >= 0.6 is 0 Å². The van der Waals surface area contributed by atoms with Gasteiger partial charge in [-0.05, 0) is 24.6 Å². The SMILES string of the molecule is CCOc1ccccc1C(=O)NCC(=O)OCC(=O)N1CCN(Cc2ccccc2)CC1. The lowest BCUT2D eigenvalue weighted by molar-refractivity contribution is -0.151. The van der Waals surface area contributed by atoms with Gasteiger partial charge in [0.1, 0.15) is 12.3 Å². The van der Waals surface area contributed by atoms with E-state index in [-0.39, 0.29) is 19.1 Å². The molecule has 0 aliphatic carbocycles. The molecule has 1 aliphatic rings. The molecule has 2 aromatic carbocycles. The smallest absolute Gasteiger partial charge is 0.325 e. The van der Waals surface area contributed by atoms with Gasteiger partial charge in [0.05, 0.1) is 12.2 Å². The molecule has 1 heterocycles. The van der Waals surface area contributed by atoms with Crippen molar-refractivity contribution < 1.29 is 23.9 Å². The minimum Gasteiger partial charge on any atom is -0.493 e. The lowest BCUT2D eigenvalue weighted by atomic mass is 10.2.